The summed E-state index contributed by atoms with van der Waals surface area (Å²) in [6, 6.07) is 5.55. The fourth-order valence-electron chi connectivity index (χ4n) is 2.14. The van der Waals surface area contributed by atoms with Crippen molar-refractivity contribution in [3.05, 3.63) is 28.8 Å². The molecule has 0 bridgehead atoms. The molecule has 0 radical (unpaired) electrons. The molecule has 0 aliphatic heterocycles. The van der Waals surface area contributed by atoms with E-state index in [9.17, 15) is 4.79 Å². The van der Waals surface area contributed by atoms with Gasteiger partial charge in [-0.05, 0) is 43.9 Å². The quantitative estimate of drug-likeness (QED) is 0.784. The lowest BCUT2D eigenvalue weighted by Gasteiger charge is -2.41. The van der Waals surface area contributed by atoms with Gasteiger partial charge in [-0.1, -0.05) is 17.7 Å². The molecule has 0 saturated heterocycles. The van der Waals surface area contributed by atoms with Gasteiger partial charge in [-0.15, -0.1) is 0 Å². The van der Waals surface area contributed by atoms with Gasteiger partial charge in [0, 0.05) is 5.02 Å². The number of esters is 1. The van der Waals surface area contributed by atoms with Gasteiger partial charge in [0.25, 0.3) is 0 Å². The molecule has 0 spiro atoms. The van der Waals surface area contributed by atoms with Crippen LogP contribution in [0.15, 0.2) is 18.2 Å². The molecule has 0 unspecified atom stereocenters. The van der Waals surface area contributed by atoms with Gasteiger partial charge in [0.15, 0.2) is 0 Å². The summed E-state index contributed by atoms with van der Waals surface area (Å²) < 4.78 is 10.8. The summed E-state index contributed by atoms with van der Waals surface area (Å²) in [4.78, 5) is 11.4. The van der Waals surface area contributed by atoms with Crippen molar-refractivity contribution in [2.45, 2.75) is 38.2 Å². The fraction of sp³-hybridized carbons (Fsp3) is 0.500. The number of halogens is 1. The van der Waals surface area contributed by atoms with Crippen LogP contribution in [-0.2, 0) is 9.53 Å². The van der Waals surface area contributed by atoms with Crippen LogP contribution in [0, 0.1) is 6.92 Å². The lowest BCUT2D eigenvalue weighted by atomic mass is 9.77. The molecule has 0 aromatic heterocycles. The lowest BCUT2D eigenvalue weighted by molar-refractivity contribution is -0.148. The Hall–Kier alpha value is -1.22. The van der Waals surface area contributed by atoms with Gasteiger partial charge < -0.3 is 9.47 Å². The third-order valence-electron chi connectivity index (χ3n) is 3.44. The predicted octanol–water partition coefficient (Wildman–Crippen LogP) is 3.51. The van der Waals surface area contributed by atoms with Crippen LogP contribution in [0.4, 0.5) is 0 Å². The van der Waals surface area contributed by atoms with E-state index in [1.807, 2.05) is 19.1 Å². The molecular weight excluding hydrogens is 252 g/mol. The van der Waals surface area contributed by atoms with Crippen molar-refractivity contribution in [1.82, 2.24) is 0 Å². The first kappa shape index (κ1) is 13.2. The van der Waals surface area contributed by atoms with Crippen molar-refractivity contribution in [3.63, 3.8) is 0 Å². The minimum Gasteiger partial charge on any atom is -0.486 e. The van der Waals surface area contributed by atoms with Crippen molar-refractivity contribution >= 4 is 17.6 Å². The Morgan fingerprint density at radius 2 is 2.17 bits per heavy atom. The number of ether oxygens (including phenoxy) is 2. The summed E-state index contributed by atoms with van der Waals surface area (Å²) in [6.45, 7) is 1.97. The minimum atomic E-state index is -0.400. The number of hydrogen-bond acceptors (Lipinski definition) is 3. The van der Waals surface area contributed by atoms with E-state index < -0.39 is 5.60 Å². The minimum absolute atomic E-state index is 0.227. The van der Waals surface area contributed by atoms with Crippen LogP contribution >= 0.6 is 11.6 Å². The molecule has 1 aliphatic rings. The molecule has 1 aromatic carbocycles. The number of methoxy groups -OCH3 is 1. The second kappa shape index (κ2) is 5.19. The lowest BCUT2D eigenvalue weighted by Crippen LogP contribution is -2.45. The van der Waals surface area contributed by atoms with E-state index in [-0.39, 0.29) is 5.97 Å². The molecule has 2 rings (SSSR count). The molecule has 0 N–H and O–H groups in total. The average molecular weight is 269 g/mol. The molecule has 1 saturated carbocycles. The summed E-state index contributed by atoms with van der Waals surface area (Å²) >= 11 is 5.97. The maximum absolute atomic E-state index is 11.4. The van der Waals surface area contributed by atoms with E-state index in [1.54, 1.807) is 6.07 Å². The SMILES string of the molecule is COC(=O)CC1(Oc2cc(Cl)ccc2C)CCC1. The summed E-state index contributed by atoms with van der Waals surface area (Å²) in [7, 11) is 1.40. The third-order valence-corrected chi connectivity index (χ3v) is 3.67. The Morgan fingerprint density at radius 3 is 2.72 bits per heavy atom. The van der Waals surface area contributed by atoms with Crippen molar-refractivity contribution in [3.8, 4) is 5.75 Å². The van der Waals surface area contributed by atoms with Crippen LogP contribution in [0.3, 0.4) is 0 Å². The Morgan fingerprint density at radius 1 is 1.44 bits per heavy atom. The molecule has 0 amide bonds. The van der Waals surface area contributed by atoms with Crippen LogP contribution < -0.4 is 4.74 Å². The highest BCUT2D eigenvalue weighted by molar-refractivity contribution is 6.30. The monoisotopic (exact) mass is 268 g/mol. The number of benzene rings is 1. The topological polar surface area (TPSA) is 35.5 Å². The predicted molar refractivity (Wildman–Crippen MR) is 70.0 cm³/mol. The van der Waals surface area contributed by atoms with Gasteiger partial charge in [-0.2, -0.15) is 0 Å². The average Bonchev–Trinajstić information content (AvgIpc) is 2.30. The van der Waals surface area contributed by atoms with Crippen molar-refractivity contribution in [2.75, 3.05) is 7.11 Å². The van der Waals surface area contributed by atoms with E-state index in [1.165, 1.54) is 7.11 Å². The Kier molecular flexibility index (Phi) is 3.81. The number of carbonyl (C=O) groups excluding carboxylic acids is 1. The number of aryl methyl sites for hydroxylation is 1. The van der Waals surface area contributed by atoms with Gasteiger partial charge in [0.2, 0.25) is 0 Å². The van der Waals surface area contributed by atoms with Gasteiger partial charge in [0.05, 0.1) is 13.5 Å². The molecule has 18 heavy (non-hydrogen) atoms. The zero-order valence-electron chi connectivity index (χ0n) is 10.7. The first-order valence-corrected chi connectivity index (χ1v) is 6.44. The van der Waals surface area contributed by atoms with Gasteiger partial charge >= 0.3 is 5.97 Å². The van der Waals surface area contributed by atoms with Crippen molar-refractivity contribution < 1.29 is 14.3 Å². The normalized spacial score (nSPS) is 16.8. The Balaban J connectivity index is 2.15. The summed E-state index contributed by atoms with van der Waals surface area (Å²) in [5.41, 5.74) is 0.623. The van der Waals surface area contributed by atoms with Crippen molar-refractivity contribution in [2.24, 2.45) is 0 Å². The van der Waals surface area contributed by atoms with Crippen LogP contribution in [0.1, 0.15) is 31.2 Å². The smallest absolute Gasteiger partial charge is 0.309 e. The molecule has 3 nitrogen and oxygen atoms in total. The first-order chi connectivity index (χ1) is 8.54. The zero-order chi connectivity index (χ0) is 13.2. The van der Waals surface area contributed by atoms with E-state index in [2.05, 4.69) is 0 Å². The number of rotatable bonds is 4. The standard InChI is InChI=1S/C14H17ClO3/c1-10-4-5-11(15)8-12(10)18-14(6-3-7-14)9-13(16)17-2/h4-5,8H,3,6-7,9H2,1-2H3. The maximum atomic E-state index is 11.4. The van der Waals surface area contributed by atoms with Crippen LogP contribution in [0.2, 0.25) is 5.02 Å². The summed E-state index contributed by atoms with van der Waals surface area (Å²) in [5.74, 6) is 0.528. The molecule has 1 aromatic rings. The second-order valence-corrected chi connectivity index (χ2v) is 5.24. The van der Waals surface area contributed by atoms with E-state index in [4.69, 9.17) is 21.1 Å². The van der Waals surface area contributed by atoms with Gasteiger partial charge in [-0.3, -0.25) is 4.79 Å². The largest absolute Gasteiger partial charge is 0.486 e. The molecule has 98 valence electrons. The first-order valence-electron chi connectivity index (χ1n) is 6.07. The summed E-state index contributed by atoms with van der Waals surface area (Å²) in [5, 5.41) is 0.642. The molecule has 1 fully saturated rings. The van der Waals surface area contributed by atoms with Crippen molar-refractivity contribution in [1.29, 1.82) is 0 Å². The summed E-state index contributed by atoms with van der Waals surface area (Å²) in [6.07, 6.45) is 3.15. The van der Waals surface area contributed by atoms with Gasteiger partial charge in [0.1, 0.15) is 11.4 Å². The van der Waals surface area contributed by atoms with E-state index >= 15 is 0 Å². The molecular formula is C14H17ClO3. The number of hydrogen-bond donors (Lipinski definition) is 0. The van der Waals surface area contributed by atoms with Gasteiger partial charge in [-0.25, -0.2) is 0 Å². The Labute approximate surface area is 112 Å². The molecule has 0 heterocycles. The third kappa shape index (κ3) is 2.78. The zero-order valence-corrected chi connectivity index (χ0v) is 11.4. The van der Waals surface area contributed by atoms with E-state index in [0.29, 0.717) is 11.4 Å². The molecule has 0 atom stereocenters. The van der Waals surface area contributed by atoms with Crippen LogP contribution in [0.25, 0.3) is 0 Å². The number of carbonyl (C=O) groups is 1. The maximum Gasteiger partial charge on any atom is 0.309 e. The fourth-order valence-corrected chi connectivity index (χ4v) is 2.30. The highest BCUT2D eigenvalue weighted by Crippen LogP contribution is 2.40. The molecule has 1 aliphatic carbocycles. The molecule has 4 heteroatoms. The van der Waals surface area contributed by atoms with Crippen LogP contribution in [-0.4, -0.2) is 18.7 Å². The Bertz CT molecular complexity index is 452. The second-order valence-electron chi connectivity index (χ2n) is 4.80. The highest BCUT2D eigenvalue weighted by Gasteiger charge is 2.42. The van der Waals surface area contributed by atoms with Crippen LogP contribution in [0.5, 0.6) is 5.75 Å². The highest BCUT2D eigenvalue weighted by atomic mass is 35.5. The van der Waals surface area contributed by atoms with E-state index in [0.717, 1.165) is 30.6 Å².